The molecular weight excluding hydrogens is 256 g/mol. The van der Waals surface area contributed by atoms with Crippen LogP contribution in [0.25, 0.3) is 0 Å². The lowest BCUT2D eigenvalue weighted by molar-refractivity contribution is -0.384. The third-order valence-electron chi connectivity index (χ3n) is 3.00. The Morgan fingerprint density at radius 1 is 1.56 bits per heavy atom. The minimum Gasteiger partial charge on any atom is -0.492 e. The fourth-order valence-electron chi connectivity index (χ4n) is 1.99. The molecule has 1 heterocycles. The summed E-state index contributed by atoms with van der Waals surface area (Å²) in [6.45, 7) is 2.60. The maximum Gasteiger partial charge on any atom is 0.271 e. The number of piperidine rings is 1. The molecule has 6 heteroatoms. The smallest absolute Gasteiger partial charge is 0.271 e. The van der Waals surface area contributed by atoms with Gasteiger partial charge in [-0.05, 0) is 25.5 Å². The van der Waals surface area contributed by atoms with E-state index >= 15 is 0 Å². The molecule has 0 aliphatic carbocycles. The van der Waals surface area contributed by atoms with E-state index in [2.05, 4.69) is 5.32 Å². The van der Waals surface area contributed by atoms with Crippen molar-refractivity contribution in [3.05, 3.63) is 33.3 Å². The molecule has 0 unspecified atom stereocenters. The van der Waals surface area contributed by atoms with E-state index in [1.54, 1.807) is 6.07 Å². The first-order valence-corrected chi connectivity index (χ1v) is 6.32. The highest BCUT2D eigenvalue weighted by Gasteiger charge is 2.15. The Hall–Kier alpha value is -1.33. The van der Waals surface area contributed by atoms with Crippen molar-refractivity contribution in [2.45, 2.75) is 12.8 Å². The number of rotatable bonds is 4. The molecule has 0 radical (unpaired) electrons. The van der Waals surface area contributed by atoms with Crippen LogP contribution in [-0.2, 0) is 0 Å². The van der Waals surface area contributed by atoms with Crippen LogP contribution in [0.2, 0.25) is 5.02 Å². The third kappa shape index (κ3) is 3.34. The number of ether oxygens (including phenoxy) is 1. The summed E-state index contributed by atoms with van der Waals surface area (Å²) in [6.07, 6.45) is 2.29. The summed E-state index contributed by atoms with van der Waals surface area (Å²) in [4.78, 5) is 10.1. The van der Waals surface area contributed by atoms with Crippen molar-refractivity contribution >= 4 is 17.3 Å². The van der Waals surface area contributed by atoms with Gasteiger partial charge in [0.2, 0.25) is 0 Å². The Kier molecular flexibility index (Phi) is 4.38. The van der Waals surface area contributed by atoms with Crippen LogP contribution in [0.5, 0.6) is 5.75 Å². The zero-order valence-corrected chi connectivity index (χ0v) is 10.7. The van der Waals surface area contributed by atoms with E-state index < -0.39 is 4.92 Å². The Balaban J connectivity index is 1.94. The largest absolute Gasteiger partial charge is 0.492 e. The first-order chi connectivity index (χ1) is 8.66. The first kappa shape index (κ1) is 13.1. The quantitative estimate of drug-likeness (QED) is 0.675. The van der Waals surface area contributed by atoms with Gasteiger partial charge in [0.25, 0.3) is 5.69 Å². The van der Waals surface area contributed by atoms with Crippen LogP contribution in [0.3, 0.4) is 0 Å². The highest BCUT2D eigenvalue weighted by molar-refractivity contribution is 6.32. The molecule has 1 aromatic carbocycles. The molecule has 0 aromatic heterocycles. The monoisotopic (exact) mass is 270 g/mol. The fraction of sp³-hybridized carbons (Fsp3) is 0.500. The highest BCUT2D eigenvalue weighted by Crippen LogP contribution is 2.29. The number of nitro groups is 1. The summed E-state index contributed by atoms with van der Waals surface area (Å²) in [5, 5.41) is 14.2. The van der Waals surface area contributed by atoms with Gasteiger partial charge in [0.05, 0.1) is 16.6 Å². The normalized spacial score (nSPS) is 19.5. The lowest BCUT2D eigenvalue weighted by Gasteiger charge is -2.22. The topological polar surface area (TPSA) is 64.4 Å². The van der Waals surface area contributed by atoms with E-state index in [1.165, 1.54) is 12.1 Å². The number of nitrogens with one attached hydrogen (secondary N) is 1. The zero-order valence-electron chi connectivity index (χ0n) is 9.89. The second kappa shape index (κ2) is 6.02. The average molecular weight is 271 g/mol. The van der Waals surface area contributed by atoms with Gasteiger partial charge in [-0.3, -0.25) is 10.1 Å². The van der Waals surface area contributed by atoms with E-state index in [0.29, 0.717) is 18.3 Å². The lowest BCUT2D eigenvalue weighted by atomic mass is 10.0. The second-order valence-corrected chi connectivity index (χ2v) is 4.80. The van der Waals surface area contributed by atoms with Crippen LogP contribution >= 0.6 is 11.6 Å². The molecule has 0 bridgehead atoms. The van der Waals surface area contributed by atoms with Crippen LogP contribution in [0, 0.1) is 16.0 Å². The van der Waals surface area contributed by atoms with Crippen molar-refractivity contribution < 1.29 is 9.66 Å². The van der Waals surface area contributed by atoms with Gasteiger partial charge < -0.3 is 10.1 Å². The van der Waals surface area contributed by atoms with Crippen molar-refractivity contribution in [1.82, 2.24) is 5.32 Å². The summed E-state index contributed by atoms with van der Waals surface area (Å²) in [7, 11) is 0. The maximum atomic E-state index is 10.6. The Morgan fingerprint density at radius 3 is 3.00 bits per heavy atom. The van der Waals surface area contributed by atoms with Crippen LogP contribution in [-0.4, -0.2) is 24.6 Å². The molecule has 2 rings (SSSR count). The van der Waals surface area contributed by atoms with Crippen LogP contribution in [0.1, 0.15) is 12.8 Å². The van der Waals surface area contributed by atoms with Crippen molar-refractivity contribution in [3.63, 3.8) is 0 Å². The molecule has 1 aromatic rings. The number of nitro benzene ring substituents is 1. The van der Waals surface area contributed by atoms with Gasteiger partial charge in [0.15, 0.2) is 0 Å². The van der Waals surface area contributed by atoms with Crippen molar-refractivity contribution in [2.75, 3.05) is 19.7 Å². The van der Waals surface area contributed by atoms with Crippen LogP contribution < -0.4 is 10.1 Å². The fourth-order valence-corrected chi connectivity index (χ4v) is 2.22. The number of halogens is 1. The van der Waals surface area contributed by atoms with Gasteiger partial charge in [-0.2, -0.15) is 0 Å². The molecule has 5 nitrogen and oxygen atoms in total. The standard InChI is InChI=1S/C12H15ClN2O3/c13-11-6-10(15(16)17)3-4-12(11)18-8-9-2-1-5-14-7-9/h3-4,6,9,14H,1-2,5,7-8H2/t9-/m1/s1. The predicted octanol–water partition coefficient (Wildman–Crippen LogP) is 2.63. The molecular formula is C12H15ClN2O3. The summed E-state index contributed by atoms with van der Waals surface area (Å²) in [6, 6.07) is 4.27. The van der Waals surface area contributed by atoms with Gasteiger partial charge >= 0.3 is 0 Å². The molecule has 0 saturated carbocycles. The molecule has 1 aliphatic heterocycles. The number of nitrogens with zero attached hydrogens (tertiary/aromatic N) is 1. The molecule has 98 valence electrons. The molecule has 1 atom stereocenters. The number of hydrogen-bond acceptors (Lipinski definition) is 4. The molecule has 18 heavy (non-hydrogen) atoms. The van der Waals surface area contributed by atoms with E-state index in [-0.39, 0.29) is 10.7 Å². The lowest BCUT2D eigenvalue weighted by Crippen LogP contribution is -2.33. The van der Waals surface area contributed by atoms with Crippen molar-refractivity contribution in [3.8, 4) is 5.75 Å². The van der Waals surface area contributed by atoms with Gasteiger partial charge in [0.1, 0.15) is 5.75 Å². The predicted molar refractivity (Wildman–Crippen MR) is 69.2 cm³/mol. The molecule has 0 amide bonds. The van der Waals surface area contributed by atoms with Crippen molar-refractivity contribution in [1.29, 1.82) is 0 Å². The minimum atomic E-state index is -0.472. The summed E-state index contributed by atoms with van der Waals surface area (Å²) in [5.74, 6) is 0.984. The SMILES string of the molecule is O=[N+]([O-])c1ccc(OC[C@@H]2CCCNC2)c(Cl)c1. The average Bonchev–Trinajstić information content (AvgIpc) is 2.38. The molecule has 1 aliphatic rings. The zero-order chi connectivity index (χ0) is 13.0. The van der Waals surface area contributed by atoms with Gasteiger partial charge in [-0.25, -0.2) is 0 Å². The van der Waals surface area contributed by atoms with Gasteiger partial charge in [0, 0.05) is 24.6 Å². The minimum absolute atomic E-state index is 0.0216. The summed E-state index contributed by atoms with van der Waals surface area (Å²) < 4.78 is 5.62. The van der Waals surface area contributed by atoms with E-state index in [9.17, 15) is 10.1 Å². The van der Waals surface area contributed by atoms with E-state index in [1.807, 2.05) is 0 Å². The summed E-state index contributed by atoms with van der Waals surface area (Å²) in [5.41, 5.74) is -0.0216. The number of non-ortho nitro benzene ring substituents is 1. The second-order valence-electron chi connectivity index (χ2n) is 4.40. The maximum absolute atomic E-state index is 10.6. The number of benzene rings is 1. The van der Waals surface area contributed by atoms with E-state index in [4.69, 9.17) is 16.3 Å². The molecule has 1 saturated heterocycles. The van der Waals surface area contributed by atoms with Gasteiger partial charge in [-0.1, -0.05) is 11.6 Å². The Bertz CT molecular complexity index is 433. The molecule has 1 N–H and O–H groups in total. The first-order valence-electron chi connectivity index (χ1n) is 5.94. The highest BCUT2D eigenvalue weighted by atomic mass is 35.5. The van der Waals surface area contributed by atoms with Crippen LogP contribution in [0.4, 0.5) is 5.69 Å². The Morgan fingerprint density at radius 2 is 2.39 bits per heavy atom. The van der Waals surface area contributed by atoms with Gasteiger partial charge in [-0.15, -0.1) is 0 Å². The number of hydrogen-bond donors (Lipinski definition) is 1. The molecule has 1 fully saturated rings. The molecule has 0 spiro atoms. The summed E-state index contributed by atoms with van der Waals surface area (Å²) >= 11 is 5.95. The Labute approximate surface area is 110 Å². The van der Waals surface area contributed by atoms with Crippen molar-refractivity contribution in [2.24, 2.45) is 5.92 Å². The third-order valence-corrected chi connectivity index (χ3v) is 3.30. The van der Waals surface area contributed by atoms with Crippen LogP contribution in [0.15, 0.2) is 18.2 Å². The van der Waals surface area contributed by atoms with E-state index in [0.717, 1.165) is 25.9 Å².